The fourth-order valence-electron chi connectivity index (χ4n) is 4.51. The molecular weight excluding hydrogens is 558 g/mol. The number of likely N-dealkylation sites (N-methyl/N-ethyl adjacent to an activating group) is 1. The number of anilines is 1. The molecule has 0 aromatic heterocycles. The molecule has 0 heterocycles. The summed E-state index contributed by atoms with van der Waals surface area (Å²) in [6, 6.07) is 30.4. The Morgan fingerprint density at radius 3 is 2.05 bits per heavy atom. The zero-order chi connectivity index (χ0) is 29.4. The lowest BCUT2D eigenvalue weighted by Gasteiger charge is -2.33. The summed E-state index contributed by atoms with van der Waals surface area (Å²) in [6.07, 6.45) is 0.239. The first kappa shape index (κ1) is 29.8. The number of halogens is 1. The number of benzene rings is 4. The molecule has 0 saturated heterocycles. The Labute approximate surface area is 246 Å². The molecule has 4 aromatic rings. The van der Waals surface area contributed by atoms with Crippen molar-refractivity contribution < 1.29 is 18.0 Å². The van der Waals surface area contributed by atoms with Crippen LogP contribution in [0.5, 0.6) is 0 Å². The van der Waals surface area contributed by atoms with E-state index in [0.717, 1.165) is 15.4 Å². The first-order valence-electron chi connectivity index (χ1n) is 13.1. The predicted octanol–water partition coefficient (Wildman–Crippen LogP) is 5.23. The molecule has 0 bridgehead atoms. The number of carbonyl (C=O) groups is 2. The molecule has 212 valence electrons. The molecule has 9 heteroatoms. The van der Waals surface area contributed by atoms with E-state index in [4.69, 9.17) is 11.6 Å². The van der Waals surface area contributed by atoms with Crippen LogP contribution in [0, 0.1) is 6.92 Å². The Kier molecular flexibility index (Phi) is 9.81. The number of nitrogens with one attached hydrogen (secondary N) is 1. The number of aryl methyl sites for hydroxylation is 1. The van der Waals surface area contributed by atoms with Crippen LogP contribution >= 0.6 is 11.6 Å². The second-order valence-corrected chi connectivity index (χ2v) is 11.9. The summed E-state index contributed by atoms with van der Waals surface area (Å²) in [5, 5.41) is 3.16. The Bertz CT molecular complexity index is 1580. The number of hydrogen-bond acceptors (Lipinski definition) is 4. The third-order valence-corrected chi connectivity index (χ3v) is 8.71. The van der Waals surface area contributed by atoms with Gasteiger partial charge in [-0.05, 0) is 54.4 Å². The maximum Gasteiger partial charge on any atom is 0.264 e. The molecule has 0 radical (unpaired) electrons. The van der Waals surface area contributed by atoms with Gasteiger partial charge >= 0.3 is 0 Å². The zero-order valence-corrected chi connectivity index (χ0v) is 24.5. The smallest absolute Gasteiger partial charge is 0.264 e. The number of rotatable bonds is 11. The van der Waals surface area contributed by atoms with Gasteiger partial charge in [0.1, 0.15) is 12.6 Å². The molecule has 0 saturated carbocycles. The van der Waals surface area contributed by atoms with Gasteiger partial charge in [-0.15, -0.1) is 0 Å². The van der Waals surface area contributed by atoms with Gasteiger partial charge in [0.15, 0.2) is 0 Å². The lowest BCUT2D eigenvalue weighted by molar-refractivity contribution is -0.139. The van der Waals surface area contributed by atoms with E-state index in [9.17, 15) is 18.0 Å². The monoisotopic (exact) mass is 589 g/mol. The lowest BCUT2D eigenvalue weighted by Crippen LogP contribution is -2.53. The summed E-state index contributed by atoms with van der Waals surface area (Å²) in [7, 11) is -2.61. The van der Waals surface area contributed by atoms with Crippen LogP contribution in [0.25, 0.3) is 0 Å². The summed E-state index contributed by atoms with van der Waals surface area (Å²) >= 11 is 6.24. The molecule has 0 spiro atoms. The molecule has 0 unspecified atom stereocenters. The minimum Gasteiger partial charge on any atom is -0.357 e. The van der Waals surface area contributed by atoms with Crippen molar-refractivity contribution in [1.82, 2.24) is 10.2 Å². The van der Waals surface area contributed by atoms with Crippen molar-refractivity contribution in [3.05, 3.63) is 131 Å². The SMILES string of the molecule is CNC(=O)[C@@H](Cc1ccccc1)N(Cc1cccc(Cl)c1)C(=O)CN(c1ccc(C)cc1)S(=O)(=O)c1ccccc1. The van der Waals surface area contributed by atoms with Gasteiger partial charge in [-0.2, -0.15) is 0 Å². The van der Waals surface area contributed by atoms with E-state index in [1.54, 1.807) is 60.7 Å². The van der Waals surface area contributed by atoms with Crippen molar-refractivity contribution in [1.29, 1.82) is 0 Å². The molecule has 0 aliphatic heterocycles. The molecule has 0 aliphatic rings. The van der Waals surface area contributed by atoms with Crippen molar-refractivity contribution in [3.63, 3.8) is 0 Å². The highest BCUT2D eigenvalue weighted by Crippen LogP contribution is 2.25. The Morgan fingerprint density at radius 1 is 0.829 bits per heavy atom. The second kappa shape index (κ2) is 13.5. The van der Waals surface area contributed by atoms with Crippen LogP contribution in [-0.4, -0.2) is 44.8 Å². The van der Waals surface area contributed by atoms with Crippen LogP contribution in [0.1, 0.15) is 16.7 Å². The maximum atomic E-state index is 14.2. The average Bonchev–Trinajstić information content (AvgIpc) is 2.98. The van der Waals surface area contributed by atoms with E-state index in [1.165, 1.54) is 24.1 Å². The molecule has 4 rings (SSSR count). The van der Waals surface area contributed by atoms with Gasteiger partial charge in [0.2, 0.25) is 11.8 Å². The molecular formula is C32H32ClN3O4S. The van der Waals surface area contributed by atoms with Crippen molar-refractivity contribution in [2.75, 3.05) is 17.9 Å². The van der Waals surface area contributed by atoms with Crippen LogP contribution in [-0.2, 0) is 32.6 Å². The number of amides is 2. The molecule has 0 fully saturated rings. The van der Waals surface area contributed by atoms with Crippen LogP contribution in [0.2, 0.25) is 5.02 Å². The highest BCUT2D eigenvalue weighted by atomic mass is 35.5. The van der Waals surface area contributed by atoms with E-state index in [1.807, 2.05) is 43.3 Å². The van der Waals surface area contributed by atoms with Crippen molar-refractivity contribution >= 4 is 39.1 Å². The maximum absolute atomic E-state index is 14.2. The standard InChI is InChI=1S/C32H32ClN3O4S/c1-24-16-18-28(19-17-24)36(41(39,40)29-14-7-4-8-15-29)23-31(37)35(22-26-12-9-13-27(33)20-26)30(32(38)34-2)21-25-10-5-3-6-11-25/h3-20,30H,21-23H2,1-2H3,(H,34,38)/t30-/m1/s1. The largest absolute Gasteiger partial charge is 0.357 e. The zero-order valence-electron chi connectivity index (χ0n) is 22.9. The fourth-order valence-corrected chi connectivity index (χ4v) is 6.16. The number of nitrogens with zero attached hydrogens (tertiary/aromatic N) is 2. The minimum absolute atomic E-state index is 0.0530. The summed E-state index contributed by atoms with van der Waals surface area (Å²) < 4.78 is 28.9. The fraction of sp³-hybridized carbons (Fsp3) is 0.188. The van der Waals surface area contributed by atoms with E-state index in [0.29, 0.717) is 16.3 Å². The summed E-state index contributed by atoms with van der Waals surface area (Å²) in [5.74, 6) is -0.897. The van der Waals surface area contributed by atoms with E-state index < -0.39 is 28.5 Å². The third kappa shape index (κ3) is 7.54. The number of sulfonamides is 1. The van der Waals surface area contributed by atoms with Gasteiger partial charge < -0.3 is 10.2 Å². The Balaban J connectivity index is 1.78. The summed E-state index contributed by atoms with van der Waals surface area (Å²) in [5.41, 5.74) is 2.86. The first-order chi connectivity index (χ1) is 19.7. The van der Waals surface area contributed by atoms with E-state index in [2.05, 4.69) is 5.32 Å². The molecule has 1 atom stereocenters. The van der Waals surface area contributed by atoms with Gasteiger partial charge in [0, 0.05) is 25.0 Å². The van der Waals surface area contributed by atoms with Gasteiger partial charge in [-0.3, -0.25) is 13.9 Å². The topological polar surface area (TPSA) is 86.8 Å². The second-order valence-electron chi connectivity index (χ2n) is 9.63. The van der Waals surface area contributed by atoms with Crippen molar-refractivity contribution in [3.8, 4) is 0 Å². The summed E-state index contributed by atoms with van der Waals surface area (Å²) in [4.78, 5) is 29.0. The predicted molar refractivity (Wildman–Crippen MR) is 162 cm³/mol. The molecule has 0 aliphatic carbocycles. The van der Waals surface area contributed by atoms with Crippen LogP contribution < -0.4 is 9.62 Å². The Morgan fingerprint density at radius 2 is 1.44 bits per heavy atom. The lowest BCUT2D eigenvalue weighted by atomic mass is 10.0. The van der Waals surface area contributed by atoms with Gasteiger partial charge in [0.25, 0.3) is 10.0 Å². The quantitative estimate of drug-likeness (QED) is 0.260. The molecule has 1 N–H and O–H groups in total. The molecule has 41 heavy (non-hydrogen) atoms. The van der Waals surface area contributed by atoms with E-state index >= 15 is 0 Å². The molecule has 4 aromatic carbocycles. The van der Waals surface area contributed by atoms with Crippen LogP contribution in [0.15, 0.2) is 114 Å². The normalized spacial score (nSPS) is 11.9. The van der Waals surface area contributed by atoms with E-state index in [-0.39, 0.29) is 23.8 Å². The minimum atomic E-state index is -4.12. The Hall–Kier alpha value is -4.14. The summed E-state index contributed by atoms with van der Waals surface area (Å²) in [6.45, 7) is 1.44. The highest BCUT2D eigenvalue weighted by molar-refractivity contribution is 7.92. The van der Waals surface area contributed by atoms with Gasteiger partial charge in [0.05, 0.1) is 10.6 Å². The number of hydrogen-bond donors (Lipinski definition) is 1. The van der Waals surface area contributed by atoms with Crippen LogP contribution in [0.3, 0.4) is 0 Å². The first-order valence-corrected chi connectivity index (χ1v) is 14.9. The van der Waals surface area contributed by atoms with Gasteiger partial charge in [-0.25, -0.2) is 8.42 Å². The van der Waals surface area contributed by atoms with Crippen molar-refractivity contribution in [2.45, 2.75) is 30.8 Å². The highest BCUT2D eigenvalue weighted by Gasteiger charge is 2.34. The number of carbonyl (C=O) groups excluding carboxylic acids is 2. The van der Waals surface area contributed by atoms with Crippen LogP contribution in [0.4, 0.5) is 5.69 Å². The molecule has 2 amide bonds. The molecule has 7 nitrogen and oxygen atoms in total. The van der Waals surface area contributed by atoms with Gasteiger partial charge in [-0.1, -0.05) is 90.0 Å². The average molecular weight is 590 g/mol. The van der Waals surface area contributed by atoms with Crippen molar-refractivity contribution in [2.24, 2.45) is 0 Å². The third-order valence-electron chi connectivity index (χ3n) is 6.69.